The summed E-state index contributed by atoms with van der Waals surface area (Å²) in [6.07, 6.45) is 9.80. The van der Waals surface area contributed by atoms with E-state index in [0.717, 1.165) is 12.0 Å². The summed E-state index contributed by atoms with van der Waals surface area (Å²) in [6, 6.07) is 0.720. The average molecular weight is 225 g/mol. The maximum atomic E-state index is 3.69. The second kappa shape index (κ2) is 6.64. The van der Waals surface area contributed by atoms with Crippen molar-refractivity contribution in [1.29, 1.82) is 0 Å². The Morgan fingerprint density at radius 3 is 2.38 bits per heavy atom. The topological polar surface area (TPSA) is 12.0 Å². The Morgan fingerprint density at radius 1 is 1.19 bits per heavy atom. The summed E-state index contributed by atoms with van der Waals surface area (Å²) in [7, 11) is 0. The largest absolute Gasteiger partial charge is 0.314 e. The van der Waals surface area contributed by atoms with Gasteiger partial charge in [0.25, 0.3) is 0 Å². The Balaban J connectivity index is 1.89. The normalized spacial score (nSPS) is 24.4. The molecule has 0 aromatic carbocycles. The molecule has 1 heteroatoms. The lowest BCUT2D eigenvalue weighted by Gasteiger charge is -2.14. The van der Waals surface area contributed by atoms with Crippen LogP contribution in [0.25, 0.3) is 0 Å². The Labute approximate surface area is 102 Å². The summed E-state index contributed by atoms with van der Waals surface area (Å²) in [4.78, 5) is 0. The first-order valence-electron chi connectivity index (χ1n) is 7.29. The monoisotopic (exact) mass is 225 g/mol. The first kappa shape index (κ1) is 14.0. The predicted molar refractivity (Wildman–Crippen MR) is 72.7 cm³/mol. The fraction of sp³-hybridized carbons (Fsp3) is 1.00. The van der Waals surface area contributed by atoms with Crippen LogP contribution >= 0.6 is 0 Å². The van der Waals surface area contributed by atoms with Gasteiger partial charge in [0, 0.05) is 6.04 Å². The standard InChI is InChI=1S/C15H31N/c1-5-6-7-8-9-10-13(2)16-12-14-11-15(14,3)4/h13-14,16H,5-12H2,1-4H3. The zero-order valence-corrected chi connectivity index (χ0v) is 11.8. The first-order valence-corrected chi connectivity index (χ1v) is 7.29. The fourth-order valence-corrected chi connectivity index (χ4v) is 2.42. The van der Waals surface area contributed by atoms with Gasteiger partial charge in [-0.15, -0.1) is 0 Å². The highest BCUT2D eigenvalue weighted by molar-refractivity contribution is 4.96. The van der Waals surface area contributed by atoms with Crippen molar-refractivity contribution < 1.29 is 0 Å². The van der Waals surface area contributed by atoms with E-state index in [9.17, 15) is 0 Å². The lowest BCUT2D eigenvalue weighted by molar-refractivity contribution is 0.444. The SMILES string of the molecule is CCCCCCCC(C)NCC1CC1(C)C. The highest BCUT2D eigenvalue weighted by Crippen LogP contribution is 2.51. The molecule has 2 atom stereocenters. The molecule has 0 bridgehead atoms. The molecule has 2 unspecified atom stereocenters. The number of rotatable bonds is 9. The van der Waals surface area contributed by atoms with Crippen molar-refractivity contribution in [2.45, 2.75) is 78.7 Å². The van der Waals surface area contributed by atoms with Crippen molar-refractivity contribution in [2.24, 2.45) is 11.3 Å². The van der Waals surface area contributed by atoms with Gasteiger partial charge in [-0.2, -0.15) is 0 Å². The van der Waals surface area contributed by atoms with Crippen molar-refractivity contribution >= 4 is 0 Å². The van der Waals surface area contributed by atoms with Crippen LogP contribution in [0.1, 0.15) is 72.6 Å². The summed E-state index contributed by atoms with van der Waals surface area (Å²) in [5.41, 5.74) is 0.633. The molecule has 1 aliphatic carbocycles. The lowest BCUT2D eigenvalue weighted by Crippen LogP contribution is -2.28. The summed E-state index contributed by atoms with van der Waals surface area (Å²) in [5, 5.41) is 3.69. The Morgan fingerprint density at radius 2 is 1.81 bits per heavy atom. The third-order valence-electron chi connectivity index (χ3n) is 4.17. The highest BCUT2D eigenvalue weighted by Gasteiger charge is 2.44. The second-order valence-electron chi connectivity index (χ2n) is 6.40. The Bertz CT molecular complexity index is 186. The molecule has 16 heavy (non-hydrogen) atoms. The molecule has 1 rings (SSSR count). The van der Waals surface area contributed by atoms with Gasteiger partial charge in [0.05, 0.1) is 0 Å². The average Bonchev–Trinajstić information content (AvgIpc) is 2.83. The summed E-state index contributed by atoms with van der Waals surface area (Å²) < 4.78 is 0. The minimum atomic E-state index is 0.633. The smallest absolute Gasteiger partial charge is 0.00388 e. The van der Waals surface area contributed by atoms with Crippen LogP contribution in [0.15, 0.2) is 0 Å². The molecule has 1 nitrogen and oxygen atoms in total. The molecule has 0 heterocycles. The zero-order chi connectivity index (χ0) is 12.0. The van der Waals surface area contributed by atoms with E-state index >= 15 is 0 Å². The third kappa shape index (κ3) is 5.34. The van der Waals surface area contributed by atoms with E-state index in [-0.39, 0.29) is 0 Å². The molecule has 96 valence electrons. The van der Waals surface area contributed by atoms with Crippen molar-refractivity contribution in [3.8, 4) is 0 Å². The molecule has 0 aromatic rings. The van der Waals surface area contributed by atoms with E-state index in [1.54, 1.807) is 0 Å². The number of unbranched alkanes of at least 4 members (excludes halogenated alkanes) is 4. The minimum Gasteiger partial charge on any atom is -0.314 e. The number of hydrogen-bond acceptors (Lipinski definition) is 1. The van der Waals surface area contributed by atoms with Crippen LogP contribution in [-0.2, 0) is 0 Å². The van der Waals surface area contributed by atoms with Crippen LogP contribution in [0, 0.1) is 11.3 Å². The number of nitrogens with one attached hydrogen (secondary N) is 1. The van der Waals surface area contributed by atoms with Gasteiger partial charge in [-0.25, -0.2) is 0 Å². The van der Waals surface area contributed by atoms with Crippen LogP contribution in [-0.4, -0.2) is 12.6 Å². The minimum absolute atomic E-state index is 0.633. The molecule has 0 radical (unpaired) electrons. The Kier molecular flexibility index (Phi) is 5.82. The molecule has 1 aliphatic rings. The van der Waals surface area contributed by atoms with Crippen LogP contribution < -0.4 is 5.32 Å². The second-order valence-corrected chi connectivity index (χ2v) is 6.40. The van der Waals surface area contributed by atoms with E-state index in [0.29, 0.717) is 5.41 Å². The molecule has 0 amide bonds. The van der Waals surface area contributed by atoms with Crippen molar-refractivity contribution in [2.75, 3.05) is 6.54 Å². The zero-order valence-electron chi connectivity index (χ0n) is 11.8. The van der Waals surface area contributed by atoms with E-state index in [1.807, 2.05) is 0 Å². The van der Waals surface area contributed by atoms with E-state index in [2.05, 4.69) is 33.0 Å². The van der Waals surface area contributed by atoms with Gasteiger partial charge in [0.2, 0.25) is 0 Å². The van der Waals surface area contributed by atoms with Crippen molar-refractivity contribution in [1.82, 2.24) is 5.32 Å². The van der Waals surface area contributed by atoms with Gasteiger partial charge in [-0.1, -0.05) is 52.9 Å². The quantitative estimate of drug-likeness (QED) is 0.575. The van der Waals surface area contributed by atoms with Crippen molar-refractivity contribution in [3.05, 3.63) is 0 Å². The first-order chi connectivity index (χ1) is 7.56. The summed E-state index contributed by atoms with van der Waals surface area (Å²) in [5.74, 6) is 0.940. The molecule has 0 aromatic heterocycles. The van der Waals surface area contributed by atoms with Crippen molar-refractivity contribution in [3.63, 3.8) is 0 Å². The molecule has 1 fully saturated rings. The molecular formula is C15H31N. The molecule has 0 aliphatic heterocycles. The number of hydrogen-bond donors (Lipinski definition) is 1. The van der Waals surface area contributed by atoms with Crippen LogP contribution in [0.3, 0.4) is 0 Å². The molecule has 0 saturated heterocycles. The molecule has 1 saturated carbocycles. The van der Waals surface area contributed by atoms with Gasteiger partial charge in [-0.05, 0) is 37.6 Å². The van der Waals surface area contributed by atoms with Gasteiger partial charge in [0.15, 0.2) is 0 Å². The summed E-state index contributed by atoms with van der Waals surface area (Å²) in [6.45, 7) is 10.6. The molecule has 0 spiro atoms. The molecule has 1 N–H and O–H groups in total. The van der Waals surface area contributed by atoms with E-state index in [1.165, 1.54) is 51.5 Å². The summed E-state index contributed by atoms with van der Waals surface area (Å²) >= 11 is 0. The van der Waals surface area contributed by atoms with Gasteiger partial charge < -0.3 is 5.32 Å². The lowest BCUT2D eigenvalue weighted by atomic mass is 10.1. The Hall–Kier alpha value is -0.0400. The fourth-order valence-electron chi connectivity index (χ4n) is 2.42. The van der Waals surface area contributed by atoms with Crippen LogP contribution in [0.4, 0.5) is 0 Å². The van der Waals surface area contributed by atoms with Crippen LogP contribution in [0.5, 0.6) is 0 Å². The molecular weight excluding hydrogens is 194 g/mol. The van der Waals surface area contributed by atoms with E-state index < -0.39 is 0 Å². The van der Waals surface area contributed by atoms with Crippen LogP contribution in [0.2, 0.25) is 0 Å². The maximum absolute atomic E-state index is 3.69. The van der Waals surface area contributed by atoms with Gasteiger partial charge in [-0.3, -0.25) is 0 Å². The maximum Gasteiger partial charge on any atom is 0.00388 e. The predicted octanol–water partition coefficient (Wildman–Crippen LogP) is 4.37. The third-order valence-corrected chi connectivity index (χ3v) is 4.17. The van der Waals surface area contributed by atoms with Gasteiger partial charge in [0.1, 0.15) is 0 Å². The van der Waals surface area contributed by atoms with E-state index in [4.69, 9.17) is 0 Å². The highest BCUT2D eigenvalue weighted by atomic mass is 14.9. The van der Waals surface area contributed by atoms with Gasteiger partial charge >= 0.3 is 0 Å².